The van der Waals surface area contributed by atoms with Gasteiger partial charge in [0.2, 0.25) is 0 Å². The van der Waals surface area contributed by atoms with Gasteiger partial charge in [-0.1, -0.05) is 0 Å². The first-order valence-corrected chi connectivity index (χ1v) is 6.71. The van der Waals surface area contributed by atoms with Crippen LogP contribution in [0.5, 0.6) is 11.5 Å². The Morgan fingerprint density at radius 2 is 1.86 bits per heavy atom. The molecule has 0 amide bonds. The Morgan fingerprint density at radius 3 is 2.41 bits per heavy atom. The highest BCUT2D eigenvalue weighted by Gasteiger charge is 2.26. The summed E-state index contributed by atoms with van der Waals surface area (Å²) in [5.74, 6) is -0.799. The number of carbonyl (C=O) groups excluding carboxylic acids is 1. The zero-order valence-corrected chi connectivity index (χ0v) is 12.8. The highest BCUT2D eigenvalue weighted by molar-refractivity contribution is 9.10. The number of nitro benzene ring substituents is 1. The van der Waals surface area contributed by atoms with Gasteiger partial charge >= 0.3 is 5.97 Å². The zero-order chi connectivity index (χ0) is 16.3. The van der Waals surface area contributed by atoms with Crippen molar-refractivity contribution in [1.82, 2.24) is 0 Å². The maximum atomic E-state index is 12.8. The predicted octanol–water partition coefficient (Wildman–Crippen LogP) is 4.08. The largest absolute Gasteiger partial charge is 0.465 e. The van der Waals surface area contributed by atoms with Gasteiger partial charge in [0.1, 0.15) is 22.9 Å². The minimum absolute atomic E-state index is 0.0671. The van der Waals surface area contributed by atoms with Gasteiger partial charge in [-0.2, -0.15) is 0 Å². The number of rotatable bonds is 4. The van der Waals surface area contributed by atoms with Gasteiger partial charge in [-0.25, -0.2) is 9.18 Å². The Kier molecular flexibility index (Phi) is 4.71. The molecule has 0 aliphatic heterocycles. The number of methoxy groups -OCH3 is 1. The lowest BCUT2D eigenvalue weighted by atomic mass is 10.1. The SMILES string of the molecule is COC(=O)c1cc(Oc2ccc(F)cc2)cc(Br)c1[N+](=O)[O-]. The standard InChI is InChI=1S/C14H9BrFNO5/c1-21-14(18)11-6-10(7-12(15)13(11)17(19)20)22-9-4-2-8(16)3-5-9/h2-7H,1H3. The van der Waals surface area contributed by atoms with Crippen molar-refractivity contribution in [1.29, 1.82) is 0 Å². The zero-order valence-electron chi connectivity index (χ0n) is 11.2. The topological polar surface area (TPSA) is 78.7 Å². The molecule has 8 heteroatoms. The molecule has 0 atom stereocenters. The van der Waals surface area contributed by atoms with Crippen LogP contribution in [0.25, 0.3) is 0 Å². The van der Waals surface area contributed by atoms with Crippen LogP contribution in [0.1, 0.15) is 10.4 Å². The molecule has 0 spiro atoms. The molecule has 0 radical (unpaired) electrons. The summed E-state index contributed by atoms with van der Waals surface area (Å²) >= 11 is 3.03. The Bertz CT molecular complexity index is 733. The Labute approximate surface area is 132 Å². The predicted molar refractivity (Wildman–Crippen MR) is 78.6 cm³/mol. The van der Waals surface area contributed by atoms with Gasteiger partial charge in [0.25, 0.3) is 5.69 Å². The first-order valence-electron chi connectivity index (χ1n) is 5.92. The van der Waals surface area contributed by atoms with Crippen LogP contribution < -0.4 is 4.74 Å². The van der Waals surface area contributed by atoms with E-state index in [2.05, 4.69) is 20.7 Å². The molecule has 2 rings (SSSR count). The summed E-state index contributed by atoms with van der Waals surface area (Å²) in [5, 5.41) is 11.1. The lowest BCUT2D eigenvalue weighted by molar-refractivity contribution is -0.386. The van der Waals surface area contributed by atoms with Crippen molar-refractivity contribution in [2.24, 2.45) is 0 Å². The van der Waals surface area contributed by atoms with Gasteiger partial charge in [-0.3, -0.25) is 10.1 Å². The van der Waals surface area contributed by atoms with Crippen LogP contribution in [0.4, 0.5) is 10.1 Å². The van der Waals surface area contributed by atoms with Gasteiger partial charge in [0, 0.05) is 12.1 Å². The smallest absolute Gasteiger partial charge is 0.345 e. The van der Waals surface area contributed by atoms with E-state index in [0.29, 0.717) is 5.75 Å². The van der Waals surface area contributed by atoms with Crippen LogP contribution in [0.2, 0.25) is 0 Å². The molecule has 2 aromatic rings. The highest BCUT2D eigenvalue weighted by Crippen LogP contribution is 2.35. The second-order valence-electron chi connectivity index (χ2n) is 4.11. The van der Waals surface area contributed by atoms with Crippen LogP contribution in [0.15, 0.2) is 40.9 Å². The summed E-state index contributed by atoms with van der Waals surface area (Å²) in [6.07, 6.45) is 0. The average Bonchev–Trinajstić information content (AvgIpc) is 2.47. The van der Waals surface area contributed by atoms with E-state index in [-0.39, 0.29) is 15.8 Å². The summed E-state index contributed by atoms with van der Waals surface area (Å²) in [7, 11) is 1.12. The lowest BCUT2D eigenvalue weighted by Gasteiger charge is -2.09. The number of hydrogen-bond acceptors (Lipinski definition) is 5. The fourth-order valence-corrected chi connectivity index (χ4v) is 2.31. The molecular weight excluding hydrogens is 361 g/mol. The van der Waals surface area contributed by atoms with Crippen LogP contribution in [-0.2, 0) is 4.74 Å². The van der Waals surface area contributed by atoms with Crippen LogP contribution in [0.3, 0.4) is 0 Å². The summed E-state index contributed by atoms with van der Waals surface area (Å²) < 4.78 is 22.9. The molecule has 0 saturated carbocycles. The fourth-order valence-electron chi connectivity index (χ4n) is 1.72. The number of carbonyl (C=O) groups is 1. The van der Waals surface area contributed by atoms with E-state index >= 15 is 0 Å². The molecule has 0 unspecified atom stereocenters. The molecule has 0 N–H and O–H groups in total. The highest BCUT2D eigenvalue weighted by atomic mass is 79.9. The molecular formula is C14H9BrFNO5. The van der Waals surface area contributed by atoms with E-state index < -0.39 is 22.4 Å². The van der Waals surface area contributed by atoms with Crippen LogP contribution in [0, 0.1) is 15.9 Å². The minimum atomic E-state index is -0.864. The molecule has 0 saturated heterocycles. The normalized spacial score (nSPS) is 10.1. The Balaban J connectivity index is 2.45. The molecule has 0 aliphatic rings. The third-order valence-electron chi connectivity index (χ3n) is 2.67. The quantitative estimate of drug-likeness (QED) is 0.461. The molecule has 0 aromatic heterocycles. The summed E-state index contributed by atoms with van der Waals surface area (Å²) in [6.45, 7) is 0. The summed E-state index contributed by atoms with van der Waals surface area (Å²) in [5.41, 5.74) is -0.669. The van der Waals surface area contributed by atoms with E-state index in [4.69, 9.17) is 4.74 Å². The molecule has 0 aliphatic carbocycles. The Morgan fingerprint density at radius 1 is 1.23 bits per heavy atom. The monoisotopic (exact) mass is 369 g/mol. The summed E-state index contributed by atoms with van der Waals surface area (Å²) in [4.78, 5) is 22.0. The molecule has 0 bridgehead atoms. The average molecular weight is 370 g/mol. The number of nitrogens with zero attached hydrogens (tertiary/aromatic N) is 1. The molecule has 22 heavy (non-hydrogen) atoms. The van der Waals surface area contributed by atoms with E-state index in [9.17, 15) is 19.3 Å². The first kappa shape index (κ1) is 15.9. The molecule has 114 valence electrons. The first-order chi connectivity index (χ1) is 10.4. The van der Waals surface area contributed by atoms with Gasteiger partial charge in [-0.15, -0.1) is 0 Å². The van der Waals surface area contributed by atoms with Crippen molar-refractivity contribution in [3.8, 4) is 11.5 Å². The van der Waals surface area contributed by atoms with E-state index in [1.165, 1.54) is 36.4 Å². The van der Waals surface area contributed by atoms with Crippen molar-refractivity contribution in [2.75, 3.05) is 7.11 Å². The van der Waals surface area contributed by atoms with Crippen LogP contribution in [-0.4, -0.2) is 18.0 Å². The molecule has 0 heterocycles. The van der Waals surface area contributed by atoms with Crippen LogP contribution >= 0.6 is 15.9 Å². The second-order valence-corrected chi connectivity index (χ2v) is 4.96. The third kappa shape index (κ3) is 3.40. The number of nitro groups is 1. The van der Waals surface area contributed by atoms with E-state index in [0.717, 1.165) is 7.11 Å². The third-order valence-corrected chi connectivity index (χ3v) is 3.28. The fraction of sp³-hybridized carbons (Fsp3) is 0.0714. The van der Waals surface area contributed by atoms with Gasteiger partial charge in [-0.05, 0) is 40.2 Å². The number of esters is 1. The number of ether oxygens (including phenoxy) is 2. The number of hydrogen-bond donors (Lipinski definition) is 0. The van der Waals surface area contributed by atoms with Crippen molar-refractivity contribution in [2.45, 2.75) is 0 Å². The maximum Gasteiger partial charge on any atom is 0.345 e. The second kappa shape index (κ2) is 6.52. The van der Waals surface area contributed by atoms with Crippen molar-refractivity contribution in [3.63, 3.8) is 0 Å². The molecule has 6 nitrogen and oxygen atoms in total. The van der Waals surface area contributed by atoms with E-state index in [1.807, 2.05) is 0 Å². The van der Waals surface area contributed by atoms with E-state index in [1.54, 1.807) is 0 Å². The maximum absolute atomic E-state index is 12.8. The van der Waals surface area contributed by atoms with Crippen molar-refractivity contribution >= 4 is 27.6 Å². The van der Waals surface area contributed by atoms with Crippen molar-refractivity contribution < 1.29 is 23.6 Å². The Hall–Kier alpha value is -2.48. The van der Waals surface area contributed by atoms with Crippen molar-refractivity contribution in [3.05, 3.63) is 62.4 Å². The lowest BCUT2D eigenvalue weighted by Crippen LogP contribution is -2.06. The van der Waals surface area contributed by atoms with Gasteiger partial charge in [0.05, 0.1) is 16.5 Å². The number of halogens is 2. The van der Waals surface area contributed by atoms with Gasteiger partial charge in [0.15, 0.2) is 0 Å². The summed E-state index contributed by atoms with van der Waals surface area (Å²) in [6, 6.07) is 7.73. The minimum Gasteiger partial charge on any atom is -0.465 e. The molecule has 2 aromatic carbocycles. The van der Waals surface area contributed by atoms with Gasteiger partial charge < -0.3 is 9.47 Å². The number of benzene rings is 2. The molecule has 0 fully saturated rings.